The largest absolute Gasteiger partial charge is 0.359 e. The first-order chi connectivity index (χ1) is 8.22. The van der Waals surface area contributed by atoms with E-state index in [4.69, 9.17) is 10.7 Å². The number of hydrogen-bond acceptors (Lipinski definition) is 3. The second kappa shape index (κ2) is 5.15. The van der Waals surface area contributed by atoms with E-state index in [1.807, 2.05) is 12.1 Å². The Morgan fingerprint density at radius 1 is 1.29 bits per heavy atom. The van der Waals surface area contributed by atoms with E-state index in [1.165, 1.54) is 10.9 Å². The standard InChI is InChI=1S/C14H19N3/c1-11-10-12-6-3-4-7-13(12)16-14(11)17(2)9-5-8-15/h3-4,6-7,10H,5,8-9,15H2,1-2H3. The number of rotatable bonds is 4. The van der Waals surface area contributed by atoms with Crippen molar-refractivity contribution < 1.29 is 0 Å². The number of benzene rings is 1. The van der Waals surface area contributed by atoms with Crippen LogP contribution in [0.1, 0.15) is 12.0 Å². The summed E-state index contributed by atoms with van der Waals surface area (Å²) in [4.78, 5) is 6.89. The van der Waals surface area contributed by atoms with E-state index in [0.717, 1.165) is 30.8 Å². The Morgan fingerprint density at radius 3 is 2.82 bits per heavy atom. The molecule has 3 heteroatoms. The molecule has 1 heterocycles. The lowest BCUT2D eigenvalue weighted by Gasteiger charge is -2.20. The maximum Gasteiger partial charge on any atom is 0.131 e. The first-order valence-electron chi connectivity index (χ1n) is 6.00. The molecule has 2 rings (SSSR count). The predicted octanol–water partition coefficient (Wildman–Crippen LogP) is 2.33. The number of fused-ring (bicyclic) bond motifs is 1. The zero-order valence-electron chi connectivity index (χ0n) is 10.5. The molecule has 1 aromatic heterocycles. The summed E-state index contributed by atoms with van der Waals surface area (Å²) in [5, 5.41) is 1.20. The molecular formula is C14H19N3. The van der Waals surface area contributed by atoms with E-state index >= 15 is 0 Å². The van der Waals surface area contributed by atoms with Crippen LogP contribution in [-0.2, 0) is 0 Å². The summed E-state index contributed by atoms with van der Waals surface area (Å²) in [5.41, 5.74) is 7.80. The summed E-state index contributed by atoms with van der Waals surface area (Å²) in [7, 11) is 2.07. The molecule has 0 atom stereocenters. The van der Waals surface area contributed by atoms with Gasteiger partial charge in [0.1, 0.15) is 5.82 Å². The first kappa shape index (κ1) is 11.9. The fourth-order valence-corrected chi connectivity index (χ4v) is 2.03. The van der Waals surface area contributed by atoms with Gasteiger partial charge in [0.25, 0.3) is 0 Å². The zero-order chi connectivity index (χ0) is 12.3. The second-order valence-electron chi connectivity index (χ2n) is 4.39. The van der Waals surface area contributed by atoms with E-state index in [1.54, 1.807) is 0 Å². The van der Waals surface area contributed by atoms with Gasteiger partial charge in [0.2, 0.25) is 0 Å². The maximum atomic E-state index is 5.54. The predicted molar refractivity (Wildman–Crippen MR) is 73.4 cm³/mol. The number of pyridine rings is 1. The molecule has 0 aliphatic rings. The Hall–Kier alpha value is -1.61. The topological polar surface area (TPSA) is 42.2 Å². The Labute approximate surface area is 102 Å². The molecule has 90 valence electrons. The first-order valence-corrected chi connectivity index (χ1v) is 6.00. The summed E-state index contributed by atoms with van der Waals surface area (Å²) in [5.74, 6) is 1.05. The van der Waals surface area contributed by atoms with Gasteiger partial charge in [-0.1, -0.05) is 18.2 Å². The smallest absolute Gasteiger partial charge is 0.131 e. The van der Waals surface area contributed by atoms with Gasteiger partial charge in [0.15, 0.2) is 0 Å². The van der Waals surface area contributed by atoms with Crippen LogP contribution >= 0.6 is 0 Å². The summed E-state index contributed by atoms with van der Waals surface area (Å²) in [6.45, 7) is 3.77. The van der Waals surface area contributed by atoms with Crippen LogP contribution in [0.2, 0.25) is 0 Å². The number of aryl methyl sites for hydroxylation is 1. The van der Waals surface area contributed by atoms with Gasteiger partial charge in [-0.15, -0.1) is 0 Å². The number of para-hydroxylation sites is 1. The van der Waals surface area contributed by atoms with Crippen LogP contribution in [0.5, 0.6) is 0 Å². The third-order valence-electron chi connectivity index (χ3n) is 2.95. The van der Waals surface area contributed by atoms with Crippen LogP contribution in [0, 0.1) is 6.92 Å². The van der Waals surface area contributed by atoms with Crippen molar-refractivity contribution in [1.82, 2.24) is 4.98 Å². The van der Waals surface area contributed by atoms with Crippen LogP contribution in [0.3, 0.4) is 0 Å². The Balaban J connectivity index is 2.36. The summed E-state index contributed by atoms with van der Waals surface area (Å²) in [6.07, 6.45) is 0.991. The molecule has 0 amide bonds. The number of aromatic nitrogens is 1. The minimum absolute atomic E-state index is 0.719. The van der Waals surface area contributed by atoms with Crippen LogP contribution in [0.25, 0.3) is 10.9 Å². The second-order valence-corrected chi connectivity index (χ2v) is 4.39. The van der Waals surface area contributed by atoms with Crippen molar-refractivity contribution in [2.24, 2.45) is 5.73 Å². The van der Waals surface area contributed by atoms with Gasteiger partial charge in [0, 0.05) is 19.0 Å². The van der Waals surface area contributed by atoms with E-state index in [0.29, 0.717) is 0 Å². The Bertz CT molecular complexity index is 508. The van der Waals surface area contributed by atoms with Crippen LogP contribution < -0.4 is 10.6 Å². The van der Waals surface area contributed by atoms with Crippen LogP contribution in [0.4, 0.5) is 5.82 Å². The molecule has 0 aliphatic heterocycles. The van der Waals surface area contributed by atoms with Gasteiger partial charge in [-0.05, 0) is 37.6 Å². The molecule has 0 bridgehead atoms. The third kappa shape index (κ3) is 2.56. The third-order valence-corrected chi connectivity index (χ3v) is 2.95. The van der Waals surface area contributed by atoms with Gasteiger partial charge < -0.3 is 10.6 Å². The van der Waals surface area contributed by atoms with E-state index in [2.05, 4.69) is 37.1 Å². The molecule has 1 aromatic carbocycles. The molecule has 2 aromatic rings. The average molecular weight is 229 g/mol. The summed E-state index contributed by atoms with van der Waals surface area (Å²) >= 11 is 0. The molecule has 0 saturated heterocycles. The fourth-order valence-electron chi connectivity index (χ4n) is 2.03. The molecule has 3 nitrogen and oxygen atoms in total. The Kier molecular flexibility index (Phi) is 3.59. The number of nitrogens with two attached hydrogens (primary N) is 1. The molecule has 17 heavy (non-hydrogen) atoms. The van der Waals surface area contributed by atoms with Crippen molar-refractivity contribution in [3.05, 3.63) is 35.9 Å². The van der Waals surface area contributed by atoms with Crippen molar-refractivity contribution in [3.63, 3.8) is 0 Å². The highest BCUT2D eigenvalue weighted by molar-refractivity contribution is 5.81. The van der Waals surface area contributed by atoms with Gasteiger partial charge in [-0.2, -0.15) is 0 Å². The lowest BCUT2D eigenvalue weighted by atomic mass is 10.1. The molecule has 0 spiro atoms. The highest BCUT2D eigenvalue weighted by atomic mass is 15.2. The molecule has 0 aliphatic carbocycles. The van der Waals surface area contributed by atoms with Gasteiger partial charge in [-0.25, -0.2) is 4.98 Å². The van der Waals surface area contributed by atoms with E-state index in [-0.39, 0.29) is 0 Å². The minimum atomic E-state index is 0.719. The number of hydrogen-bond donors (Lipinski definition) is 1. The molecule has 0 saturated carbocycles. The van der Waals surface area contributed by atoms with Crippen molar-refractivity contribution in [1.29, 1.82) is 0 Å². The average Bonchev–Trinajstić information content (AvgIpc) is 2.35. The zero-order valence-corrected chi connectivity index (χ0v) is 10.5. The monoisotopic (exact) mass is 229 g/mol. The SMILES string of the molecule is Cc1cc2ccccc2nc1N(C)CCCN. The van der Waals surface area contributed by atoms with Crippen molar-refractivity contribution in [2.45, 2.75) is 13.3 Å². The molecule has 0 unspecified atom stereocenters. The number of nitrogens with zero attached hydrogens (tertiary/aromatic N) is 2. The van der Waals surface area contributed by atoms with Crippen molar-refractivity contribution >= 4 is 16.7 Å². The Morgan fingerprint density at radius 2 is 2.06 bits per heavy atom. The summed E-state index contributed by atoms with van der Waals surface area (Å²) < 4.78 is 0. The van der Waals surface area contributed by atoms with Gasteiger partial charge >= 0.3 is 0 Å². The van der Waals surface area contributed by atoms with Gasteiger partial charge in [0.05, 0.1) is 5.52 Å². The van der Waals surface area contributed by atoms with Gasteiger partial charge in [-0.3, -0.25) is 0 Å². The van der Waals surface area contributed by atoms with E-state index < -0.39 is 0 Å². The fraction of sp³-hybridized carbons (Fsp3) is 0.357. The maximum absolute atomic E-state index is 5.54. The highest BCUT2D eigenvalue weighted by Crippen LogP contribution is 2.21. The highest BCUT2D eigenvalue weighted by Gasteiger charge is 2.07. The van der Waals surface area contributed by atoms with Crippen molar-refractivity contribution in [2.75, 3.05) is 25.0 Å². The van der Waals surface area contributed by atoms with E-state index in [9.17, 15) is 0 Å². The van der Waals surface area contributed by atoms with Crippen molar-refractivity contribution in [3.8, 4) is 0 Å². The number of anilines is 1. The molecular weight excluding hydrogens is 210 g/mol. The lowest BCUT2D eigenvalue weighted by Crippen LogP contribution is -2.22. The molecule has 0 radical (unpaired) electrons. The lowest BCUT2D eigenvalue weighted by molar-refractivity contribution is 0.786. The minimum Gasteiger partial charge on any atom is -0.359 e. The molecule has 0 fully saturated rings. The van der Waals surface area contributed by atoms with Crippen LogP contribution in [0.15, 0.2) is 30.3 Å². The quantitative estimate of drug-likeness (QED) is 0.875. The van der Waals surface area contributed by atoms with Crippen LogP contribution in [-0.4, -0.2) is 25.1 Å². The summed E-state index contributed by atoms with van der Waals surface area (Å²) in [6, 6.07) is 10.4. The molecule has 2 N–H and O–H groups in total. The normalized spacial score (nSPS) is 10.8.